The van der Waals surface area contributed by atoms with Crippen molar-refractivity contribution < 1.29 is 4.74 Å². The van der Waals surface area contributed by atoms with Crippen LogP contribution in [0.15, 0.2) is 24.3 Å². The SMILES string of the molecule is CCCCC[C@@H]1O[C@@H]1C1(C#Cc2ccc(C)cc2)CC1. The molecule has 3 rings (SSSR count). The monoisotopic (exact) mass is 268 g/mol. The van der Waals surface area contributed by atoms with E-state index in [9.17, 15) is 0 Å². The van der Waals surface area contributed by atoms with Gasteiger partial charge in [-0.25, -0.2) is 0 Å². The summed E-state index contributed by atoms with van der Waals surface area (Å²) in [7, 11) is 0. The van der Waals surface area contributed by atoms with Gasteiger partial charge in [0.05, 0.1) is 11.5 Å². The highest BCUT2D eigenvalue weighted by Gasteiger charge is 2.60. The van der Waals surface area contributed by atoms with Crippen LogP contribution in [0.1, 0.15) is 56.6 Å². The number of hydrogen-bond acceptors (Lipinski definition) is 1. The first-order valence-corrected chi connectivity index (χ1v) is 7.99. The lowest BCUT2D eigenvalue weighted by Crippen LogP contribution is -2.09. The van der Waals surface area contributed by atoms with Crippen LogP contribution in [0.3, 0.4) is 0 Å². The molecule has 0 aromatic heterocycles. The molecule has 1 aromatic rings. The topological polar surface area (TPSA) is 12.5 Å². The van der Waals surface area contributed by atoms with E-state index in [2.05, 4.69) is 50.0 Å². The number of hydrogen-bond donors (Lipinski definition) is 0. The van der Waals surface area contributed by atoms with Crippen molar-refractivity contribution in [2.45, 2.75) is 64.6 Å². The van der Waals surface area contributed by atoms with E-state index in [1.807, 2.05) is 0 Å². The second-order valence-electron chi connectivity index (χ2n) is 6.36. The largest absolute Gasteiger partial charge is 0.368 e. The Labute approximate surface area is 122 Å². The third kappa shape index (κ3) is 3.07. The first-order chi connectivity index (χ1) is 9.73. The maximum atomic E-state index is 5.90. The van der Waals surface area contributed by atoms with Gasteiger partial charge in [-0.2, -0.15) is 0 Å². The van der Waals surface area contributed by atoms with Crippen molar-refractivity contribution in [3.05, 3.63) is 35.4 Å². The zero-order valence-electron chi connectivity index (χ0n) is 12.6. The lowest BCUT2D eigenvalue weighted by atomic mass is 9.97. The van der Waals surface area contributed by atoms with E-state index in [-0.39, 0.29) is 5.41 Å². The van der Waals surface area contributed by atoms with Crippen molar-refractivity contribution in [1.82, 2.24) is 0 Å². The first kappa shape index (κ1) is 13.7. The molecule has 2 fully saturated rings. The summed E-state index contributed by atoms with van der Waals surface area (Å²) in [5.74, 6) is 6.87. The Kier molecular flexibility index (Phi) is 3.85. The van der Waals surface area contributed by atoms with Crippen LogP contribution in [0, 0.1) is 24.2 Å². The maximum absolute atomic E-state index is 5.90. The number of ether oxygens (including phenoxy) is 1. The molecule has 1 aliphatic heterocycles. The molecule has 1 nitrogen and oxygen atoms in total. The maximum Gasteiger partial charge on any atom is 0.101 e. The summed E-state index contributed by atoms with van der Waals surface area (Å²) in [4.78, 5) is 0. The third-order valence-corrected chi connectivity index (χ3v) is 4.52. The summed E-state index contributed by atoms with van der Waals surface area (Å²) in [6.07, 6.45) is 8.52. The molecule has 0 N–H and O–H groups in total. The number of epoxide rings is 1. The minimum absolute atomic E-state index is 0.196. The third-order valence-electron chi connectivity index (χ3n) is 4.52. The summed E-state index contributed by atoms with van der Waals surface area (Å²) in [5, 5.41) is 0. The van der Waals surface area contributed by atoms with Gasteiger partial charge in [-0.15, -0.1) is 0 Å². The molecule has 1 aliphatic carbocycles. The standard InChI is InChI=1S/C19H24O/c1-3-4-5-6-17-18(20-17)19(13-14-19)12-11-16-9-7-15(2)8-10-16/h7-10,17-18H,3-6,13-14H2,1-2H3/t17-,18-/m0/s1. The number of benzene rings is 1. The second-order valence-corrected chi connectivity index (χ2v) is 6.36. The molecule has 0 radical (unpaired) electrons. The van der Waals surface area contributed by atoms with Gasteiger partial charge in [0, 0.05) is 5.56 Å². The smallest absolute Gasteiger partial charge is 0.101 e. The highest BCUT2D eigenvalue weighted by atomic mass is 16.6. The van der Waals surface area contributed by atoms with Crippen molar-refractivity contribution in [2.24, 2.45) is 5.41 Å². The minimum Gasteiger partial charge on any atom is -0.368 e. The minimum atomic E-state index is 0.196. The molecule has 1 aromatic carbocycles. The van der Waals surface area contributed by atoms with Crippen LogP contribution in [0.2, 0.25) is 0 Å². The van der Waals surface area contributed by atoms with E-state index in [0.29, 0.717) is 12.2 Å². The molecule has 1 heterocycles. The molecule has 2 atom stereocenters. The van der Waals surface area contributed by atoms with Crippen molar-refractivity contribution in [3.63, 3.8) is 0 Å². The summed E-state index contributed by atoms with van der Waals surface area (Å²) in [6, 6.07) is 8.49. The number of aryl methyl sites for hydroxylation is 1. The van der Waals surface area contributed by atoms with Crippen LogP contribution in [0.4, 0.5) is 0 Å². The van der Waals surface area contributed by atoms with Gasteiger partial charge in [-0.05, 0) is 38.3 Å². The van der Waals surface area contributed by atoms with Gasteiger partial charge in [-0.3, -0.25) is 0 Å². The van der Waals surface area contributed by atoms with Gasteiger partial charge in [-0.1, -0.05) is 55.7 Å². The van der Waals surface area contributed by atoms with Gasteiger partial charge >= 0.3 is 0 Å². The number of unbranched alkanes of at least 4 members (excludes halogenated alkanes) is 2. The van der Waals surface area contributed by atoms with Gasteiger partial charge in [0.25, 0.3) is 0 Å². The van der Waals surface area contributed by atoms with E-state index in [0.717, 1.165) is 5.56 Å². The van der Waals surface area contributed by atoms with E-state index in [1.165, 1.54) is 44.1 Å². The Morgan fingerprint density at radius 2 is 1.95 bits per heavy atom. The second kappa shape index (κ2) is 5.62. The van der Waals surface area contributed by atoms with Gasteiger partial charge in [0.2, 0.25) is 0 Å². The molecular formula is C19H24O. The fourth-order valence-corrected chi connectivity index (χ4v) is 2.89. The Morgan fingerprint density at radius 3 is 2.60 bits per heavy atom. The first-order valence-electron chi connectivity index (χ1n) is 7.99. The average molecular weight is 268 g/mol. The van der Waals surface area contributed by atoms with Crippen molar-refractivity contribution in [2.75, 3.05) is 0 Å². The highest BCUT2D eigenvalue weighted by molar-refractivity contribution is 5.39. The molecule has 0 bridgehead atoms. The Hall–Kier alpha value is -1.26. The molecular weight excluding hydrogens is 244 g/mol. The molecule has 0 amide bonds. The van der Waals surface area contributed by atoms with Crippen molar-refractivity contribution in [1.29, 1.82) is 0 Å². The Bertz CT molecular complexity index is 513. The molecule has 1 saturated heterocycles. The van der Waals surface area contributed by atoms with Crippen molar-refractivity contribution in [3.8, 4) is 11.8 Å². The van der Waals surface area contributed by atoms with E-state index < -0.39 is 0 Å². The van der Waals surface area contributed by atoms with Crippen LogP contribution in [0.25, 0.3) is 0 Å². The van der Waals surface area contributed by atoms with Gasteiger partial charge < -0.3 is 4.74 Å². The van der Waals surface area contributed by atoms with Crippen LogP contribution >= 0.6 is 0 Å². The molecule has 1 heteroatoms. The summed E-state index contributed by atoms with van der Waals surface area (Å²) >= 11 is 0. The van der Waals surface area contributed by atoms with Gasteiger partial charge in [0.1, 0.15) is 6.10 Å². The van der Waals surface area contributed by atoms with E-state index in [1.54, 1.807) is 0 Å². The molecule has 0 spiro atoms. The molecule has 0 unspecified atom stereocenters. The predicted molar refractivity (Wildman–Crippen MR) is 82.5 cm³/mol. The number of rotatable bonds is 5. The normalized spacial score (nSPS) is 25.7. The Balaban J connectivity index is 1.57. The average Bonchev–Trinajstić information content (AvgIpc) is 3.33. The fraction of sp³-hybridized carbons (Fsp3) is 0.579. The van der Waals surface area contributed by atoms with Gasteiger partial charge in [0.15, 0.2) is 0 Å². The summed E-state index contributed by atoms with van der Waals surface area (Å²) in [5.41, 5.74) is 2.62. The van der Waals surface area contributed by atoms with E-state index >= 15 is 0 Å². The lowest BCUT2D eigenvalue weighted by Gasteiger charge is -2.02. The van der Waals surface area contributed by atoms with Crippen LogP contribution in [-0.2, 0) is 4.74 Å². The zero-order valence-corrected chi connectivity index (χ0v) is 12.6. The zero-order chi connectivity index (χ0) is 14.0. The Morgan fingerprint density at radius 1 is 1.20 bits per heavy atom. The summed E-state index contributed by atoms with van der Waals surface area (Å²) in [6.45, 7) is 4.36. The predicted octanol–water partition coefficient (Wildman–Crippen LogP) is 4.47. The van der Waals surface area contributed by atoms with Crippen molar-refractivity contribution >= 4 is 0 Å². The lowest BCUT2D eigenvalue weighted by molar-refractivity contribution is 0.328. The summed E-state index contributed by atoms with van der Waals surface area (Å²) < 4.78 is 5.90. The molecule has 20 heavy (non-hydrogen) atoms. The quantitative estimate of drug-likeness (QED) is 0.436. The highest BCUT2D eigenvalue weighted by Crippen LogP contribution is 2.57. The molecule has 106 valence electrons. The van der Waals surface area contributed by atoms with Crippen LogP contribution in [0.5, 0.6) is 0 Å². The van der Waals surface area contributed by atoms with E-state index in [4.69, 9.17) is 4.74 Å². The molecule has 2 aliphatic rings. The molecule has 1 saturated carbocycles. The van der Waals surface area contributed by atoms with Crippen LogP contribution < -0.4 is 0 Å². The van der Waals surface area contributed by atoms with Crippen LogP contribution in [-0.4, -0.2) is 12.2 Å². The fourth-order valence-electron chi connectivity index (χ4n) is 2.89.